The first kappa shape index (κ1) is 19.3. The van der Waals surface area contributed by atoms with Gasteiger partial charge in [0.2, 0.25) is 5.91 Å². The van der Waals surface area contributed by atoms with E-state index in [1.54, 1.807) is 0 Å². The number of amides is 1. The summed E-state index contributed by atoms with van der Waals surface area (Å²) in [6.45, 7) is 5.76. The first-order valence-corrected chi connectivity index (χ1v) is 9.77. The number of hydrogen-bond donors (Lipinski definition) is 1. The SMILES string of the molecule is CCOCCCNC(=O)C1CCN(c2ccnc(-c3ccccc3)n2)CC1. The fourth-order valence-corrected chi connectivity index (χ4v) is 3.30. The van der Waals surface area contributed by atoms with Gasteiger partial charge in [0.05, 0.1) is 0 Å². The highest BCUT2D eigenvalue weighted by Crippen LogP contribution is 2.23. The van der Waals surface area contributed by atoms with Crippen LogP contribution in [0.3, 0.4) is 0 Å². The Morgan fingerprint density at radius 2 is 2.00 bits per heavy atom. The molecule has 0 atom stereocenters. The normalized spacial score (nSPS) is 14.9. The standard InChI is InChI=1S/C21H28N4O2/c1-2-27-16-6-12-23-21(26)18-10-14-25(15-11-18)19-9-13-22-20(24-19)17-7-4-3-5-8-17/h3-5,7-9,13,18H,2,6,10-12,14-16H2,1H3,(H,23,26). The second-order valence-corrected chi connectivity index (χ2v) is 6.71. The van der Waals surface area contributed by atoms with E-state index in [1.165, 1.54) is 0 Å². The molecule has 1 fully saturated rings. The van der Waals surface area contributed by atoms with Crippen LogP contribution in [0.2, 0.25) is 0 Å². The number of carbonyl (C=O) groups is 1. The topological polar surface area (TPSA) is 67.3 Å². The lowest BCUT2D eigenvalue weighted by atomic mass is 9.96. The summed E-state index contributed by atoms with van der Waals surface area (Å²) in [6.07, 6.45) is 4.37. The number of anilines is 1. The largest absolute Gasteiger partial charge is 0.382 e. The lowest BCUT2D eigenvalue weighted by molar-refractivity contribution is -0.125. The van der Waals surface area contributed by atoms with Crippen molar-refractivity contribution in [2.45, 2.75) is 26.2 Å². The van der Waals surface area contributed by atoms with Crippen LogP contribution in [0.1, 0.15) is 26.2 Å². The van der Waals surface area contributed by atoms with Gasteiger partial charge in [0.25, 0.3) is 0 Å². The van der Waals surface area contributed by atoms with E-state index in [4.69, 9.17) is 9.72 Å². The zero-order valence-corrected chi connectivity index (χ0v) is 15.9. The minimum atomic E-state index is 0.0868. The van der Waals surface area contributed by atoms with Crippen molar-refractivity contribution in [3.8, 4) is 11.4 Å². The average molecular weight is 368 g/mol. The van der Waals surface area contributed by atoms with E-state index in [0.717, 1.165) is 56.2 Å². The highest BCUT2D eigenvalue weighted by molar-refractivity contribution is 5.78. The summed E-state index contributed by atoms with van der Waals surface area (Å²) in [7, 11) is 0. The highest BCUT2D eigenvalue weighted by atomic mass is 16.5. The number of ether oxygens (including phenoxy) is 1. The van der Waals surface area contributed by atoms with Gasteiger partial charge in [-0.2, -0.15) is 0 Å². The predicted octanol–water partition coefficient (Wildman–Crippen LogP) is 2.90. The second kappa shape index (κ2) is 10.0. The van der Waals surface area contributed by atoms with E-state index < -0.39 is 0 Å². The number of rotatable bonds is 8. The summed E-state index contributed by atoms with van der Waals surface area (Å²) in [6, 6.07) is 11.9. The fourth-order valence-electron chi connectivity index (χ4n) is 3.30. The van der Waals surface area contributed by atoms with Gasteiger partial charge in [-0.25, -0.2) is 9.97 Å². The Morgan fingerprint density at radius 1 is 1.22 bits per heavy atom. The highest BCUT2D eigenvalue weighted by Gasteiger charge is 2.25. The van der Waals surface area contributed by atoms with Crippen molar-refractivity contribution >= 4 is 11.7 Å². The van der Waals surface area contributed by atoms with E-state index >= 15 is 0 Å². The minimum Gasteiger partial charge on any atom is -0.382 e. The molecule has 1 aliphatic heterocycles. The van der Waals surface area contributed by atoms with E-state index in [-0.39, 0.29) is 11.8 Å². The lowest BCUT2D eigenvalue weighted by Gasteiger charge is -2.32. The van der Waals surface area contributed by atoms with Crippen LogP contribution in [-0.4, -0.2) is 48.7 Å². The van der Waals surface area contributed by atoms with Crippen molar-refractivity contribution in [1.29, 1.82) is 0 Å². The molecule has 6 nitrogen and oxygen atoms in total. The van der Waals surface area contributed by atoms with Gasteiger partial charge in [-0.1, -0.05) is 30.3 Å². The van der Waals surface area contributed by atoms with Crippen molar-refractivity contribution in [2.75, 3.05) is 37.7 Å². The smallest absolute Gasteiger partial charge is 0.223 e. The van der Waals surface area contributed by atoms with E-state index in [2.05, 4.69) is 15.2 Å². The number of hydrogen-bond acceptors (Lipinski definition) is 5. The molecule has 1 amide bonds. The molecule has 1 saturated heterocycles. The zero-order chi connectivity index (χ0) is 18.9. The monoisotopic (exact) mass is 368 g/mol. The molecular weight excluding hydrogens is 340 g/mol. The van der Waals surface area contributed by atoms with Gasteiger partial charge < -0.3 is 15.0 Å². The number of nitrogens with zero attached hydrogens (tertiary/aromatic N) is 3. The van der Waals surface area contributed by atoms with Crippen LogP contribution in [0.5, 0.6) is 0 Å². The molecule has 0 radical (unpaired) electrons. The summed E-state index contributed by atoms with van der Waals surface area (Å²) in [5.41, 5.74) is 1.01. The van der Waals surface area contributed by atoms with Crippen LogP contribution < -0.4 is 10.2 Å². The van der Waals surface area contributed by atoms with Crippen LogP contribution in [-0.2, 0) is 9.53 Å². The maximum absolute atomic E-state index is 12.3. The molecule has 144 valence electrons. The minimum absolute atomic E-state index is 0.0868. The Balaban J connectivity index is 1.50. The maximum atomic E-state index is 12.3. The molecule has 0 aliphatic carbocycles. The quantitative estimate of drug-likeness (QED) is 0.726. The Hall–Kier alpha value is -2.47. The number of piperidine rings is 1. The van der Waals surface area contributed by atoms with Gasteiger partial charge in [0, 0.05) is 50.5 Å². The third-order valence-electron chi connectivity index (χ3n) is 4.83. The van der Waals surface area contributed by atoms with E-state index in [0.29, 0.717) is 13.2 Å². The van der Waals surface area contributed by atoms with Gasteiger partial charge in [-0.05, 0) is 32.3 Å². The van der Waals surface area contributed by atoms with E-state index in [1.807, 2.05) is 49.5 Å². The number of benzene rings is 1. The van der Waals surface area contributed by atoms with Gasteiger partial charge in [-0.3, -0.25) is 4.79 Å². The first-order valence-electron chi connectivity index (χ1n) is 9.77. The third kappa shape index (κ3) is 5.50. The molecule has 1 aliphatic rings. The second-order valence-electron chi connectivity index (χ2n) is 6.71. The van der Waals surface area contributed by atoms with Crippen molar-refractivity contribution in [1.82, 2.24) is 15.3 Å². The van der Waals surface area contributed by atoms with Crippen LogP contribution in [0.4, 0.5) is 5.82 Å². The van der Waals surface area contributed by atoms with Crippen molar-refractivity contribution < 1.29 is 9.53 Å². The molecule has 1 aromatic carbocycles. The Morgan fingerprint density at radius 3 is 2.74 bits per heavy atom. The fraction of sp³-hybridized carbons (Fsp3) is 0.476. The summed E-state index contributed by atoms with van der Waals surface area (Å²) < 4.78 is 5.30. The molecule has 1 aromatic heterocycles. The molecular formula is C21H28N4O2. The van der Waals surface area contributed by atoms with Gasteiger partial charge in [0.1, 0.15) is 5.82 Å². The predicted molar refractivity (Wildman–Crippen MR) is 107 cm³/mol. The molecule has 0 spiro atoms. The summed E-state index contributed by atoms with van der Waals surface area (Å²) in [5, 5.41) is 3.03. The number of nitrogens with one attached hydrogen (secondary N) is 1. The molecule has 0 bridgehead atoms. The number of carbonyl (C=O) groups excluding carboxylic acids is 1. The van der Waals surface area contributed by atoms with Gasteiger partial charge in [0.15, 0.2) is 5.82 Å². The molecule has 0 unspecified atom stereocenters. The summed E-state index contributed by atoms with van der Waals surface area (Å²) in [5.74, 6) is 1.92. The van der Waals surface area contributed by atoms with Gasteiger partial charge in [-0.15, -0.1) is 0 Å². The van der Waals surface area contributed by atoms with Crippen LogP contribution in [0, 0.1) is 5.92 Å². The van der Waals surface area contributed by atoms with Crippen LogP contribution in [0.25, 0.3) is 11.4 Å². The van der Waals surface area contributed by atoms with Crippen molar-refractivity contribution in [3.63, 3.8) is 0 Å². The lowest BCUT2D eigenvalue weighted by Crippen LogP contribution is -2.41. The number of aromatic nitrogens is 2. The molecule has 27 heavy (non-hydrogen) atoms. The Kier molecular flexibility index (Phi) is 7.16. The summed E-state index contributed by atoms with van der Waals surface area (Å²) >= 11 is 0. The zero-order valence-electron chi connectivity index (χ0n) is 15.9. The molecule has 2 heterocycles. The first-order chi connectivity index (χ1) is 13.3. The van der Waals surface area contributed by atoms with Crippen molar-refractivity contribution in [2.24, 2.45) is 5.92 Å². The molecule has 0 saturated carbocycles. The molecule has 2 aromatic rings. The average Bonchev–Trinajstić information content (AvgIpc) is 2.74. The van der Waals surface area contributed by atoms with Crippen molar-refractivity contribution in [3.05, 3.63) is 42.6 Å². The van der Waals surface area contributed by atoms with Gasteiger partial charge >= 0.3 is 0 Å². The molecule has 3 rings (SSSR count). The van der Waals surface area contributed by atoms with Crippen LogP contribution >= 0.6 is 0 Å². The van der Waals surface area contributed by atoms with Crippen LogP contribution in [0.15, 0.2) is 42.6 Å². The van der Waals surface area contributed by atoms with E-state index in [9.17, 15) is 4.79 Å². The molecule has 6 heteroatoms. The Bertz CT molecular complexity index is 715. The maximum Gasteiger partial charge on any atom is 0.223 e. The Labute approximate surface area is 161 Å². The molecule has 1 N–H and O–H groups in total. The summed E-state index contributed by atoms with van der Waals surface area (Å²) in [4.78, 5) is 23.7. The third-order valence-corrected chi connectivity index (χ3v) is 4.83.